The number of methoxy groups -OCH3 is 1. The fourth-order valence-corrected chi connectivity index (χ4v) is 1.95. The second-order valence-corrected chi connectivity index (χ2v) is 5.14. The summed E-state index contributed by atoms with van der Waals surface area (Å²) in [6.07, 6.45) is 2.52. The van der Waals surface area contributed by atoms with Gasteiger partial charge in [-0.25, -0.2) is 4.79 Å². The molecule has 1 amide bonds. The second kappa shape index (κ2) is 8.00. The molecule has 2 rings (SSSR count). The molecule has 0 saturated heterocycles. The van der Waals surface area contributed by atoms with E-state index in [4.69, 9.17) is 4.74 Å². The zero-order valence-corrected chi connectivity index (χ0v) is 13.1. The molecule has 116 valence electrons. The van der Waals surface area contributed by atoms with E-state index in [0.29, 0.717) is 11.3 Å². The summed E-state index contributed by atoms with van der Waals surface area (Å²) in [5.41, 5.74) is 1.90. The number of carbonyl (C=O) groups excluding carboxylic acids is 2. The Bertz CT molecular complexity index is 516. The first kappa shape index (κ1) is 17.5. The molecular weight excluding hydrogens is 292 g/mol. The largest absolute Gasteiger partial charge is 0.465 e. The molecule has 0 spiro atoms. The number of halogens is 1. The number of aryl methyl sites for hydroxylation is 1. The lowest BCUT2D eigenvalue weighted by Gasteiger charge is -2.09. The van der Waals surface area contributed by atoms with Gasteiger partial charge in [0.05, 0.1) is 19.2 Å². The van der Waals surface area contributed by atoms with Crippen molar-refractivity contribution in [3.8, 4) is 0 Å². The first-order valence-corrected chi connectivity index (χ1v) is 6.79. The van der Waals surface area contributed by atoms with E-state index in [1.54, 1.807) is 18.2 Å². The lowest BCUT2D eigenvalue weighted by atomic mass is 10.1. The summed E-state index contributed by atoms with van der Waals surface area (Å²) in [5.74, 6) is 0.240. The molecule has 0 radical (unpaired) electrons. The molecule has 5 nitrogen and oxygen atoms in total. The number of rotatable bonds is 6. The van der Waals surface area contributed by atoms with Gasteiger partial charge >= 0.3 is 5.97 Å². The van der Waals surface area contributed by atoms with Crippen LogP contribution in [-0.2, 0) is 9.53 Å². The molecule has 1 aliphatic rings. The maximum Gasteiger partial charge on any atom is 0.338 e. The van der Waals surface area contributed by atoms with Crippen LogP contribution in [0.25, 0.3) is 0 Å². The van der Waals surface area contributed by atoms with Crippen molar-refractivity contribution < 1.29 is 14.3 Å². The van der Waals surface area contributed by atoms with Crippen LogP contribution < -0.4 is 10.6 Å². The summed E-state index contributed by atoms with van der Waals surface area (Å²) in [6, 6.07) is 5.21. The van der Waals surface area contributed by atoms with Crippen molar-refractivity contribution in [1.29, 1.82) is 0 Å². The monoisotopic (exact) mass is 312 g/mol. The van der Waals surface area contributed by atoms with Gasteiger partial charge in [-0.3, -0.25) is 4.79 Å². The second-order valence-electron chi connectivity index (χ2n) is 5.14. The van der Waals surface area contributed by atoms with Crippen molar-refractivity contribution in [3.05, 3.63) is 29.3 Å². The summed E-state index contributed by atoms with van der Waals surface area (Å²) in [4.78, 5) is 23.3. The first-order chi connectivity index (χ1) is 9.60. The van der Waals surface area contributed by atoms with Gasteiger partial charge in [0.25, 0.3) is 0 Å². The van der Waals surface area contributed by atoms with Crippen molar-refractivity contribution in [1.82, 2.24) is 5.32 Å². The SMILES string of the molecule is COC(=O)c1cc(NC(=O)CNCC2CC2)ccc1C.Cl. The van der Waals surface area contributed by atoms with Gasteiger partial charge in [-0.1, -0.05) is 6.07 Å². The number of anilines is 1. The van der Waals surface area contributed by atoms with E-state index in [2.05, 4.69) is 10.6 Å². The molecule has 6 heteroatoms. The van der Waals surface area contributed by atoms with Gasteiger partial charge < -0.3 is 15.4 Å². The Morgan fingerprint density at radius 1 is 1.33 bits per heavy atom. The molecule has 0 aromatic heterocycles. The van der Waals surface area contributed by atoms with Crippen LogP contribution in [0.5, 0.6) is 0 Å². The van der Waals surface area contributed by atoms with Gasteiger partial charge in [-0.2, -0.15) is 0 Å². The topological polar surface area (TPSA) is 67.4 Å². The van der Waals surface area contributed by atoms with Crippen LogP contribution in [0.3, 0.4) is 0 Å². The normalized spacial score (nSPS) is 13.2. The molecule has 2 N–H and O–H groups in total. The lowest BCUT2D eigenvalue weighted by molar-refractivity contribution is -0.115. The molecule has 1 saturated carbocycles. The van der Waals surface area contributed by atoms with Gasteiger partial charge in [0.15, 0.2) is 0 Å². The lowest BCUT2D eigenvalue weighted by Crippen LogP contribution is -2.29. The smallest absolute Gasteiger partial charge is 0.338 e. The highest BCUT2D eigenvalue weighted by atomic mass is 35.5. The molecule has 0 heterocycles. The molecule has 0 bridgehead atoms. The molecule has 0 aliphatic heterocycles. The molecule has 1 aromatic rings. The van der Waals surface area contributed by atoms with Gasteiger partial charge in [-0.05, 0) is 49.9 Å². The molecule has 1 fully saturated rings. The summed E-state index contributed by atoms with van der Waals surface area (Å²) >= 11 is 0. The summed E-state index contributed by atoms with van der Waals surface area (Å²) in [5, 5.41) is 5.90. The molecule has 21 heavy (non-hydrogen) atoms. The number of hydrogen-bond donors (Lipinski definition) is 2. The van der Waals surface area contributed by atoms with Crippen molar-refractivity contribution in [2.24, 2.45) is 5.92 Å². The van der Waals surface area contributed by atoms with Crippen molar-refractivity contribution in [2.45, 2.75) is 19.8 Å². The summed E-state index contributed by atoms with van der Waals surface area (Å²) < 4.78 is 4.71. The van der Waals surface area contributed by atoms with Gasteiger partial charge in [0.1, 0.15) is 0 Å². The number of amides is 1. The fraction of sp³-hybridized carbons (Fsp3) is 0.467. The van der Waals surface area contributed by atoms with E-state index in [0.717, 1.165) is 18.0 Å². The highest BCUT2D eigenvalue weighted by Gasteiger charge is 2.20. The maximum absolute atomic E-state index is 11.8. The van der Waals surface area contributed by atoms with Crippen LogP contribution >= 0.6 is 12.4 Å². The third-order valence-electron chi connectivity index (χ3n) is 3.34. The fourth-order valence-electron chi connectivity index (χ4n) is 1.95. The summed E-state index contributed by atoms with van der Waals surface area (Å²) in [7, 11) is 1.34. The molecule has 1 aromatic carbocycles. The quantitative estimate of drug-likeness (QED) is 0.790. The molecular formula is C15H21ClN2O3. The predicted octanol–water partition coefficient (Wildman–Crippen LogP) is 2.14. The third-order valence-corrected chi connectivity index (χ3v) is 3.34. The first-order valence-electron chi connectivity index (χ1n) is 6.79. The van der Waals surface area contributed by atoms with Crippen LogP contribution in [0.1, 0.15) is 28.8 Å². The number of carbonyl (C=O) groups is 2. The Labute approximate surface area is 130 Å². The Kier molecular flexibility index (Phi) is 6.65. The van der Waals surface area contributed by atoms with E-state index >= 15 is 0 Å². The number of benzene rings is 1. The van der Waals surface area contributed by atoms with Crippen LogP contribution in [0.2, 0.25) is 0 Å². The van der Waals surface area contributed by atoms with Crippen molar-refractivity contribution in [3.63, 3.8) is 0 Å². The number of nitrogens with one attached hydrogen (secondary N) is 2. The van der Waals surface area contributed by atoms with E-state index < -0.39 is 5.97 Å². The summed E-state index contributed by atoms with van der Waals surface area (Å²) in [6.45, 7) is 3.02. The molecule has 0 atom stereocenters. The average Bonchev–Trinajstić information content (AvgIpc) is 3.24. The minimum Gasteiger partial charge on any atom is -0.465 e. The predicted molar refractivity (Wildman–Crippen MR) is 84.0 cm³/mol. The van der Waals surface area contributed by atoms with Crippen LogP contribution in [0.4, 0.5) is 5.69 Å². The highest BCUT2D eigenvalue weighted by Crippen LogP contribution is 2.27. The van der Waals surface area contributed by atoms with Crippen molar-refractivity contribution in [2.75, 3.05) is 25.5 Å². The minimum absolute atomic E-state index is 0. The zero-order chi connectivity index (χ0) is 14.5. The van der Waals surface area contributed by atoms with E-state index in [1.807, 2.05) is 6.92 Å². The minimum atomic E-state index is -0.398. The standard InChI is InChI=1S/C15H20N2O3.ClH/c1-10-3-6-12(7-13(10)15(19)20-2)17-14(18)9-16-8-11-4-5-11;/h3,6-7,11,16H,4-5,8-9H2,1-2H3,(H,17,18);1H. The zero-order valence-electron chi connectivity index (χ0n) is 12.3. The molecule has 1 aliphatic carbocycles. The number of hydrogen-bond acceptors (Lipinski definition) is 4. The van der Waals surface area contributed by atoms with Gasteiger partial charge in [0.2, 0.25) is 5.91 Å². The Morgan fingerprint density at radius 2 is 2.05 bits per heavy atom. The van der Waals surface area contributed by atoms with Crippen LogP contribution in [0.15, 0.2) is 18.2 Å². The Morgan fingerprint density at radius 3 is 2.67 bits per heavy atom. The Balaban J connectivity index is 0.00000220. The van der Waals surface area contributed by atoms with Crippen molar-refractivity contribution >= 4 is 30.0 Å². The third kappa shape index (κ3) is 5.36. The average molecular weight is 313 g/mol. The maximum atomic E-state index is 11.8. The van der Waals surface area contributed by atoms with Crippen LogP contribution in [0, 0.1) is 12.8 Å². The number of ether oxygens (including phenoxy) is 1. The van der Waals surface area contributed by atoms with Gasteiger partial charge in [-0.15, -0.1) is 12.4 Å². The van der Waals surface area contributed by atoms with E-state index in [9.17, 15) is 9.59 Å². The van der Waals surface area contributed by atoms with E-state index in [-0.39, 0.29) is 24.9 Å². The highest BCUT2D eigenvalue weighted by molar-refractivity contribution is 5.96. The molecule has 0 unspecified atom stereocenters. The van der Waals surface area contributed by atoms with Gasteiger partial charge in [0, 0.05) is 5.69 Å². The Hall–Kier alpha value is -1.59. The van der Waals surface area contributed by atoms with Crippen LogP contribution in [-0.4, -0.2) is 32.1 Å². The number of esters is 1. The van der Waals surface area contributed by atoms with E-state index in [1.165, 1.54) is 20.0 Å².